The number of halogens is 3. The molecule has 1 N–H and O–H groups in total. The Morgan fingerprint density at radius 3 is 2.14 bits per heavy atom. The molecule has 2 unspecified atom stereocenters. The van der Waals surface area contributed by atoms with Crippen LogP contribution in [0.4, 0.5) is 18.9 Å². The summed E-state index contributed by atoms with van der Waals surface area (Å²) >= 11 is 0. The first kappa shape index (κ1) is 16.2. The number of anilines is 1. The second kappa shape index (κ2) is 5.90. The first-order valence-electron chi connectivity index (χ1n) is 7.60. The van der Waals surface area contributed by atoms with Crippen LogP contribution in [0.3, 0.4) is 0 Å². The van der Waals surface area contributed by atoms with Gasteiger partial charge in [0.15, 0.2) is 0 Å². The molecule has 4 heteroatoms. The zero-order chi connectivity index (χ0) is 15.7. The SMILES string of the molecule is CC(C)(C)c1ccc(NC2CCCC(C(F)(F)F)C2)cc1. The molecule has 118 valence electrons. The van der Waals surface area contributed by atoms with Crippen LogP contribution in [0.15, 0.2) is 24.3 Å². The lowest BCUT2D eigenvalue weighted by Gasteiger charge is -2.31. The van der Waals surface area contributed by atoms with Crippen molar-refractivity contribution in [2.24, 2.45) is 5.92 Å². The Morgan fingerprint density at radius 1 is 1.00 bits per heavy atom. The molecule has 2 rings (SSSR count). The van der Waals surface area contributed by atoms with Gasteiger partial charge < -0.3 is 5.32 Å². The van der Waals surface area contributed by atoms with E-state index >= 15 is 0 Å². The summed E-state index contributed by atoms with van der Waals surface area (Å²) in [5.74, 6) is -1.16. The van der Waals surface area contributed by atoms with Crippen molar-refractivity contribution >= 4 is 5.69 Å². The lowest BCUT2D eigenvalue weighted by atomic mass is 9.85. The van der Waals surface area contributed by atoms with Gasteiger partial charge in [-0.2, -0.15) is 13.2 Å². The molecule has 0 aromatic heterocycles. The molecule has 0 radical (unpaired) electrons. The van der Waals surface area contributed by atoms with E-state index in [0.717, 1.165) is 12.1 Å². The third-order valence-electron chi connectivity index (χ3n) is 4.26. The van der Waals surface area contributed by atoms with Crippen LogP contribution in [-0.2, 0) is 5.41 Å². The Kier molecular flexibility index (Phi) is 4.54. The molecule has 0 amide bonds. The standard InChI is InChI=1S/C17H24F3N/c1-16(2,3)12-7-9-14(10-8-12)21-15-6-4-5-13(11-15)17(18,19)20/h7-10,13,15,21H,4-6,11H2,1-3H3. The number of benzene rings is 1. The summed E-state index contributed by atoms with van der Waals surface area (Å²) in [6.07, 6.45) is -2.15. The predicted octanol–water partition coefficient (Wildman–Crippen LogP) is 5.52. The molecular formula is C17H24F3N. The third kappa shape index (κ3) is 4.39. The maximum atomic E-state index is 12.8. The van der Waals surface area contributed by atoms with Crippen molar-refractivity contribution in [2.45, 2.75) is 64.1 Å². The Morgan fingerprint density at radius 2 is 1.62 bits per heavy atom. The van der Waals surface area contributed by atoms with Gasteiger partial charge in [0.2, 0.25) is 0 Å². The molecule has 1 fully saturated rings. The average Bonchev–Trinajstić information content (AvgIpc) is 2.37. The highest BCUT2D eigenvalue weighted by molar-refractivity contribution is 5.46. The fourth-order valence-electron chi connectivity index (χ4n) is 2.92. The van der Waals surface area contributed by atoms with E-state index in [0.29, 0.717) is 6.42 Å². The summed E-state index contributed by atoms with van der Waals surface area (Å²) < 4.78 is 38.4. The van der Waals surface area contributed by atoms with Gasteiger partial charge in [-0.1, -0.05) is 39.3 Å². The monoisotopic (exact) mass is 299 g/mol. The maximum absolute atomic E-state index is 12.8. The van der Waals surface area contributed by atoms with E-state index in [-0.39, 0.29) is 24.3 Å². The molecule has 1 aromatic rings. The molecule has 1 aliphatic rings. The second-order valence-corrected chi connectivity index (χ2v) is 7.07. The lowest BCUT2D eigenvalue weighted by Crippen LogP contribution is -2.34. The summed E-state index contributed by atoms with van der Waals surface area (Å²) in [7, 11) is 0. The van der Waals surface area contributed by atoms with E-state index in [4.69, 9.17) is 0 Å². The largest absolute Gasteiger partial charge is 0.391 e. The molecule has 1 aromatic carbocycles. The van der Waals surface area contributed by atoms with E-state index in [1.807, 2.05) is 24.3 Å². The van der Waals surface area contributed by atoms with Gasteiger partial charge in [-0.3, -0.25) is 0 Å². The molecule has 21 heavy (non-hydrogen) atoms. The fraction of sp³-hybridized carbons (Fsp3) is 0.647. The Bertz CT molecular complexity index is 456. The van der Waals surface area contributed by atoms with Crippen LogP contribution in [0.25, 0.3) is 0 Å². The summed E-state index contributed by atoms with van der Waals surface area (Å²) in [4.78, 5) is 0. The molecule has 1 nitrogen and oxygen atoms in total. The quantitative estimate of drug-likeness (QED) is 0.758. The van der Waals surface area contributed by atoms with Gasteiger partial charge in [0.25, 0.3) is 0 Å². The molecular weight excluding hydrogens is 275 g/mol. The van der Waals surface area contributed by atoms with E-state index < -0.39 is 12.1 Å². The Balaban J connectivity index is 1.98. The van der Waals surface area contributed by atoms with Crippen molar-refractivity contribution in [1.82, 2.24) is 0 Å². The van der Waals surface area contributed by atoms with Crippen LogP contribution in [0, 0.1) is 5.92 Å². The van der Waals surface area contributed by atoms with Gasteiger partial charge in [0.1, 0.15) is 0 Å². The zero-order valence-corrected chi connectivity index (χ0v) is 12.9. The average molecular weight is 299 g/mol. The maximum Gasteiger partial charge on any atom is 0.391 e. The fourth-order valence-corrected chi connectivity index (χ4v) is 2.92. The molecule has 0 heterocycles. The van der Waals surface area contributed by atoms with E-state index in [9.17, 15) is 13.2 Å². The van der Waals surface area contributed by atoms with Crippen molar-refractivity contribution < 1.29 is 13.2 Å². The van der Waals surface area contributed by atoms with E-state index in [1.54, 1.807) is 0 Å². The molecule has 0 bridgehead atoms. The Labute approximate surface area is 124 Å². The molecule has 0 spiro atoms. The minimum Gasteiger partial charge on any atom is -0.382 e. The van der Waals surface area contributed by atoms with Crippen LogP contribution in [0.2, 0.25) is 0 Å². The number of nitrogens with one attached hydrogen (secondary N) is 1. The van der Waals surface area contributed by atoms with Crippen molar-refractivity contribution in [3.63, 3.8) is 0 Å². The number of hydrogen-bond donors (Lipinski definition) is 1. The normalized spacial score (nSPS) is 23.9. The van der Waals surface area contributed by atoms with Gasteiger partial charge in [-0.15, -0.1) is 0 Å². The van der Waals surface area contributed by atoms with E-state index in [1.165, 1.54) is 5.56 Å². The number of alkyl halides is 3. The molecule has 1 aliphatic carbocycles. The highest BCUT2D eigenvalue weighted by atomic mass is 19.4. The predicted molar refractivity (Wildman–Crippen MR) is 80.6 cm³/mol. The summed E-state index contributed by atoms with van der Waals surface area (Å²) in [6.45, 7) is 6.43. The van der Waals surface area contributed by atoms with Gasteiger partial charge in [-0.25, -0.2) is 0 Å². The first-order chi connectivity index (χ1) is 9.66. The minimum atomic E-state index is -4.06. The first-order valence-corrected chi connectivity index (χ1v) is 7.60. The van der Waals surface area contributed by atoms with Gasteiger partial charge >= 0.3 is 6.18 Å². The van der Waals surface area contributed by atoms with Gasteiger partial charge in [0.05, 0.1) is 5.92 Å². The second-order valence-electron chi connectivity index (χ2n) is 7.07. The van der Waals surface area contributed by atoms with Crippen molar-refractivity contribution in [3.05, 3.63) is 29.8 Å². The van der Waals surface area contributed by atoms with Crippen LogP contribution in [0.1, 0.15) is 52.0 Å². The molecule has 0 aliphatic heterocycles. The summed E-state index contributed by atoms with van der Waals surface area (Å²) in [6, 6.07) is 7.96. The molecule has 1 saturated carbocycles. The van der Waals surface area contributed by atoms with Crippen molar-refractivity contribution in [1.29, 1.82) is 0 Å². The van der Waals surface area contributed by atoms with E-state index in [2.05, 4.69) is 26.1 Å². The van der Waals surface area contributed by atoms with Gasteiger partial charge in [0, 0.05) is 11.7 Å². The summed E-state index contributed by atoms with van der Waals surface area (Å²) in [5.41, 5.74) is 2.23. The highest BCUT2D eigenvalue weighted by Gasteiger charge is 2.42. The summed E-state index contributed by atoms with van der Waals surface area (Å²) in [5, 5.41) is 3.26. The highest BCUT2D eigenvalue weighted by Crippen LogP contribution is 2.38. The van der Waals surface area contributed by atoms with Crippen molar-refractivity contribution in [3.8, 4) is 0 Å². The minimum absolute atomic E-state index is 0.0779. The van der Waals surface area contributed by atoms with Crippen molar-refractivity contribution in [2.75, 3.05) is 5.32 Å². The molecule has 0 saturated heterocycles. The number of hydrogen-bond acceptors (Lipinski definition) is 1. The van der Waals surface area contributed by atoms with Crippen LogP contribution >= 0.6 is 0 Å². The molecule has 2 atom stereocenters. The zero-order valence-electron chi connectivity index (χ0n) is 12.9. The van der Waals surface area contributed by atoms with Crippen LogP contribution in [-0.4, -0.2) is 12.2 Å². The smallest absolute Gasteiger partial charge is 0.382 e. The number of rotatable bonds is 2. The topological polar surface area (TPSA) is 12.0 Å². The van der Waals surface area contributed by atoms with Crippen LogP contribution < -0.4 is 5.32 Å². The lowest BCUT2D eigenvalue weighted by molar-refractivity contribution is -0.182. The third-order valence-corrected chi connectivity index (χ3v) is 4.26. The van der Waals surface area contributed by atoms with Gasteiger partial charge in [-0.05, 0) is 42.4 Å². The van der Waals surface area contributed by atoms with Crippen LogP contribution in [0.5, 0.6) is 0 Å². The Hall–Kier alpha value is -1.19.